The number of aliphatic hydroxyl groups is 1. The van der Waals surface area contributed by atoms with Gasteiger partial charge in [0, 0.05) is 23.2 Å². The lowest BCUT2D eigenvalue weighted by atomic mass is 9.71. The molecule has 0 aromatic heterocycles. The van der Waals surface area contributed by atoms with E-state index in [0.717, 1.165) is 5.56 Å². The number of carboxylic acids is 1. The van der Waals surface area contributed by atoms with Gasteiger partial charge >= 0.3 is 5.97 Å². The normalized spacial score (nSPS) is 32.7. The average molecular weight is 552 g/mol. The van der Waals surface area contributed by atoms with Crippen molar-refractivity contribution >= 4 is 45.5 Å². The SMILES string of the molecule is C=CCN(Cc1ccccc1)C(=O)C1N([C@@H](CO)C(C)C)C(=O)[C@@H]2[C@H](C(=O)O)[C@H]3SC12CC3Br. The van der Waals surface area contributed by atoms with Crippen LogP contribution in [0.3, 0.4) is 0 Å². The third-order valence-corrected chi connectivity index (χ3v) is 10.7. The molecule has 0 aliphatic carbocycles. The molecule has 3 aliphatic heterocycles. The average Bonchev–Trinajstić information content (AvgIpc) is 3.38. The maximum absolute atomic E-state index is 14.3. The second-order valence-corrected chi connectivity index (χ2v) is 12.5. The van der Waals surface area contributed by atoms with E-state index in [1.807, 2.05) is 44.2 Å². The summed E-state index contributed by atoms with van der Waals surface area (Å²) in [4.78, 5) is 43.6. The lowest BCUT2D eigenvalue weighted by Gasteiger charge is -2.41. The molecule has 3 aliphatic rings. The van der Waals surface area contributed by atoms with E-state index in [1.54, 1.807) is 11.0 Å². The van der Waals surface area contributed by atoms with Gasteiger partial charge in [-0.05, 0) is 17.9 Å². The Balaban J connectivity index is 1.80. The minimum atomic E-state index is -1.01. The highest BCUT2D eigenvalue weighted by Gasteiger charge is 2.76. The van der Waals surface area contributed by atoms with Crippen LogP contribution in [0.1, 0.15) is 25.8 Å². The quantitative estimate of drug-likeness (QED) is 0.362. The molecule has 7 nitrogen and oxygen atoms in total. The highest BCUT2D eigenvalue weighted by Crippen LogP contribution is 2.68. The molecule has 3 unspecified atom stereocenters. The maximum Gasteiger partial charge on any atom is 0.308 e. The largest absolute Gasteiger partial charge is 0.481 e. The number of thioether (sulfide) groups is 1. The molecule has 2 amide bonds. The van der Waals surface area contributed by atoms with E-state index in [0.29, 0.717) is 19.5 Å². The topological polar surface area (TPSA) is 98.2 Å². The van der Waals surface area contributed by atoms with Gasteiger partial charge in [0.05, 0.1) is 29.2 Å². The van der Waals surface area contributed by atoms with Crippen LogP contribution >= 0.6 is 27.7 Å². The zero-order chi connectivity index (χ0) is 24.8. The van der Waals surface area contributed by atoms with E-state index in [4.69, 9.17) is 0 Å². The Morgan fingerprint density at radius 1 is 1.35 bits per heavy atom. The van der Waals surface area contributed by atoms with E-state index in [-0.39, 0.29) is 34.4 Å². The molecule has 1 spiro atoms. The zero-order valence-electron chi connectivity index (χ0n) is 19.3. The number of hydrogen-bond donors (Lipinski definition) is 2. The summed E-state index contributed by atoms with van der Waals surface area (Å²) in [7, 11) is 0. The van der Waals surface area contributed by atoms with Gasteiger partial charge in [0.15, 0.2) is 0 Å². The number of alkyl halides is 1. The van der Waals surface area contributed by atoms with Gasteiger partial charge in [-0.25, -0.2) is 0 Å². The Morgan fingerprint density at radius 2 is 2.03 bits per heavy atom. The molecule has 9 heteroatoms. The van der Waals surface area contributed by atoms with Crippen LogP contribution in [0, 0.1) is 17.8 Å². The number of carbonyl (C=O) groups is 3. The fraction of sp³-hybridized carbons (Fsp3) is 0.560. The summed E-state index contributed by atoms with van der Waals surface area (Å²) in [6.45, 7) is 7.98. The van der Waals surface area contributed by atoms with Crippen molar-refractivity contribution in [3.05, 3.63) is 48.6 Å². The smallest absolute Gasteiger partial charge is 0.308 e. The predicted octanol–water partition coefficient (Wildman–Crippen LogP) is 2.77. The number of amides is 2. The van der Waals surface area contributed by atoms with Crippen molar-refractivity contribution in [1.82, 2.24) is 9.80 Å². The second kappa shape index (κ2) is 9.66. The molecule has 0 radical (unpaired) electrons. The third-order valence-electron chi connectivity index (χ3n) is 7.44. The van der Waals surface area contributed by atoms with Gasteiger partial charge in [-0.15, -0.1) is 18.3 Å². The van der Waals surface area contributed by atoms with Gasteiger partial charge in [-0.2, -0.15) is 0 Å². The molecule has 2 bridgehead atoms. The Labute approximate surface area is 212 Å². The molecule has 0 saturated carbocycles. The van der Waals surface area contributed by atoms with Gasteiger partial charge in [-0.1, -0.05) is 66.2 Å². The van der Waals surface area contributed by atoms with Crippen LogP contribution in [0.4, 0.5) is 0 Å². The highest BCUT2D eigenvalue weighted by molar-refractivity contribution is 9.09. The molecule has 7 atom stereocenters. The lowest BCUT2D eigenvalue weighted by molar-refractivity contribution is -0.150. The van der Waals surface area contributed by atoms with Crippen molar-refractivity contribution in [1.29, 1.82) is 0 Å². The summed E-state index contributed by atoms with van der Waals surface area (Å²) in [6.07, 6.45) is 2.19. The minimum Gasteiger partial charge on any atom is -0.481 e. The molecular formula is C25H31BrN2O5S. The van der Waals surface area contributed by atoms with Gasteiger partial charge in [0.2, 0.25) is 11.8 Å². The van der Waals surface area contributed by atoms with Crippen LogP contribution in [-0.4, -0.2) is 77.9 Å². The van der Waals surface area contributed by atoms with E-state index in [1.165, 1.54) is 16.7 Å². The molecule has 3 saturated heterocycles. The number of aliphatic carboxylic acids is 1. The molecule has 3 heterocycles. The van der Waals surface area contributed by atoms with E-state index < -0.39 is 34.6 Å². The molecule has 34 heavy (non-hydrogen) atoms. The summed E-state index contributed by atoms with van der Waals surface area (Å²) in [6, 6.07) is 8.19. The van der Waals surface area contributed by atoms with Gasteiger partial charge in [-0.3, -0.25) is 14.4 Å². The van der Waals surface area contributed by atoms with Crippen molar-refractivity contribution in [2.24, 2.45) is 17.8 Å². The number of likely N-dealkylation sites (tertiary alicyclic amines) is 1. The summed E-state index contributed by atoms with van der Waals surface area (Å²) < 4.78 is -0.853. The first kappa shape index (κ1) is 25.3. The van der Waals surface area contributed by atoms with Gasteiger partial charge in [0.25, 0.3) is 0 Å². The van der Waals surface area contributed by atoms with Crippen molar-refractivity contribution < 1.29 is 24.6 Å². The Morgan fingerprint density at radius 3 is 2.59 bits per heavy atom. The fourth-order valence-electron chi connectivity index (χ4n) is 5.97. The number of carboxylic acid groups (broad SMARTS) is 1. The monoisotopic (exact) mass is 550 g/mol. The van der Waals surface area contributed by atoms with Crippen LogP contribution in [0.2, 0.25) is 0 Å². The number of rotatable bonds is 9. The second-order valence-electron chi connectivity index (χ2n) is 9.73. The Bertz CT molecular complexity index is 975. The molecular weight excluding hydrogens is 520 g/mol. The minimum absolute atomic E-state index is 0.105. The number of fused-ring (bicyclic) bond motifs is 1. The van der Waals surface area contributed by atoms with Crippen LogP contribution in [-0.2, 0) is 20.9 Å². The molecule has 4 rings (SSSR count). The molecule has 2 N–H and O–H groups in total. The summed E-state index contributed by atoms with van der Waals surface area (Å²) in [5.41, 5.74) is 0.954. The van der Waals surface area contributed by atoms with Crippen molar-refractivity contribution in [2.75, 3.05) is 13.2 Å². The van der Waals surface area contributed by atoms with Crippen LogP contribution < -0.4 is 0 Å². The van der Waals surface area contributed by atoms with Crippen molar-refractivity contribution in [3.8, 4) is 0 Å². The molecule has 1 aromatic rings. The number of aliphatic hydroxyl groups excluding tert-OH is 1. The number of carbonyl (C=O) groups excluding carboxylic acids is 2. The van der Waals surface area contributed by atoms with E-state index >= 15 is 0 Å². The zero-order valence-corrected chi connectivity index (χ0v) is 21.7. The summed E-state index contributed by atoms with van der Waals surface area (Å²) >= 11 is 5.13. The Hall–Kier alpha value is -1.84. The van der Waals surface area contributed by atoms with Crippen molar-refractivity contribution in [3.63, 3.8) is 0 Å². The van der Waals surface area contributed by atoms with Crippen molar-refractivity contribution in [2.45, 2.75) is 53.7 Å². The maximum atomic E-state index is 14.3. The third kappa shape index (κ3) is 3.89. The standard InChI is InChI=1S/C25H31BrN2O5S/c1-4-10-27(12-15-8-6-5-7-9-15)23(31)21-25-11-16(26)20(34-25)18(24(32)33)19(25)22(30)28(21)17(13-29)14(2)3/h4-9,14,16-21,29H,1,10-13H2,2-3H3,(H,32,33)/t16?,17-,18-,19-,20-,21?,25?/m0/s1. The summed E-state index contributed by atoms with van der Waals surface area (Å²) in [5, 5.41) is 20.0. The number of nitrogens with zero attached hydrogens (tertiary/aromatic N) is 2. The van der Waals surface area contributed by atoms with E-state index in [9.17, 15) is 24.6 Å². The fourth-order valence-corrected chi connectivity index (χ4v) is 9.56. The molecule has 3 fully saturated rings. The first-order chi connectivity index (χ1) is 16.2. The van der Waals surface area contributed by atoms with Crippen LogP contribution in [0.5, 0.6) is 0 Å². The first-order valence-corrected chi connectivity index (χ1v) is 13.4. The van der Waals surface area contributed by atoms with Gasteiger partial charge < -0.3 is 20.0 Å². The van der Waals surface area contributed by atoms with Crippen LogP contribution in [0.15, 0.2) is 43.0 Å². The molecule has 184 valence electrons. The Kier molecular flexibility index (Phi) is 7.18. The first-order valence-electron chi connectivity index (χ1n) is 11.6. The number of hydrogen-bond acceptors (Lipinski definition) is 5. The molecule has 1 aromatic carbocycles. The number of benzene rings is 1. The predicted molar refractivity (Wildman–Crippen MR) is 134 cm³/mol. The number of halogens is 1. The lowest BCUT2D eigenvalue weighted by Crippen LogP contribution is -2.58. The van der Waals surface area contributed by atoms with Crippen LogP contribution in [0.25, 0.3) is 0 Å². The summed E-state index contributed by atoms with van der Waals surface area (Å²) in [5.74, 6) is -3.33. The highest BCUT2D eigenvalue weighted by atomic mass is 79.9. The van der Waals surface area contributed by atoms with E-state index in [2.05, 4.69) is 22.5 Å². The van der Waals surface area contributed by atoms with Gasteiger partial charge in [0.1, 0.15) is 6.04 Å².